The first kappa shape index (κ1) is 20.7. The van der Waals surface area contributed by atoms with Crippen LogP contribution in [-0.4, -0.2) is 41.4 Å². The molecule has 0 saturated carbocycles. The summed E-state index contributed by atoms with van der Waals surface area (Å²) >= 11 is 0. The van der Waals surface area contributed by atoms with E-state index < -0.39 is 5.97 Å². The van der Waals surface area contributed by atoms with Crippen molar-refractivity contribution in [3.8, 4) is 0 Å². The second kappa shape index (κ2) is 9.81. The van der Waals surface area contributed by atoms with Crippen molar-refractivity contribution in [3.05, 3.63) is 29.8 Å². The number of hydrogen-bond acceptors (Lipinski definition) is 4. The van der Waals surface area contributed by atoms with Crippen molar-refractivity contribution in [1.82, 2.24) is 4.90 Å². The molecule has 2 amide bonds. The standard InChI is InChI=1S/C19H28N2O4/c1-6-13(3)21(14(4)7-2)18(23)12-25-19(24)16-8-10-17(11-9-16)20-15(5)22/h8-11,13-14H,6-7,12H2,1-5H3,(H,20,22)/t13-,14+. The third-order valence-electron chi connectivity index (χ3n) is 4.19. The molecule has 25 heavy (non-hydrogen) atoms. The Hall–Kier alpha value is -2.37. The molecular formula is C19H28N2O4. The predicted octanol–water partition coefficient (Wildman–Crippen LogP) is 3.23. The zero-order valence-corrected chi connectivity index (χ0v) is 15.7. The van der Waals surface area contributed by atoms with Gasteiger partial charge in [-0.25, -0.2) is 4.79 Å². The molecule has 0 aliphatic rings. The topological polar surface area (TPSA) is 75.7 Å². The monoisotopic (exact) mass is 348 g/mol. The number of rotatable bonds is 8. The van der Waals surface area contributed by atoms with Gasteiger partial charge in [-0.05, 0) is 51.0 Å². The lowest BCUT2D eigenvalue weighted by molar-refractivity contribution is -0.139. The van der Waals surface area contributed by atoms with E-state index >= 15 is 0 Å². The largest absolute Gasteiger partial charge is 0.452 e. The first-order valence-corrected chi connectivity index (χ1v) is 8.66. The van der Waals surface area contributed by atoms with Gasteiger partial charge in [0.1, 0.15) is 0 Å². The Bertz CT molecular complexity index is 588. The average molecular weight is 348 g/mol. The molecular weight excluding hydrogens is 320 g/mol. The van der Waals surface area contributed by atoms with Gasteiger partial charge in [0.05, 0.1) is 5.56 Å². The van der Waals surface area contributed by atoms with E-state index in [9.17, 15) is 14.4 Å². The number of hydrogen-bond donors (Lipinski definition) is 1. The molecule has 1 aromatic rings. The minimum Gasteiger partial charge on any atom is -0.452 e. The highest BCUT2D eigenvalue weighted by Gasteiger charge is 2.24. The fraction of sp³-hybridized carbons (Fsp3) is 0.526. The van der Waals surface area contributed by atoms with E-state index in [2.05, 4.69) is 5.32 Å². The van der Waals surface area contributed by atoms with Crippen LogP contribution in [0.25, 0.3) is 0 Å². The molecule has 0 heterocycles. The van der Waals surface area contributed by atoms with E-state index in [4.69, 9.17) is 4.74 Å². The maximum absolute atomic E-state index is 12.5. The lowest BCUT2D eigenvalue weighted by atomic mass is 10.1. The van der Waals surface area contributed by atoms with Gasteiger partial charge in [0, 0.05) is 24.7 Å². The molecule has 1 N–H and O–H groups in total. The summed E-state index contributed by atoms with van der Waals surface area (Å²) in [6, 6.07) is 6.53. The van der Waals surface area contributed by atoms with Crippen LogP contribution < -0.4 is 5.32 Å². The number of nitrogens with zero attached hydrogens (tertiary/aromatic N) is 1. The van der Waals surface area contributed by atoms with Crippen molar-refractivity contribution in [3.63, 3.8) is 0 Å². The highest BCUT2D eigenvalue weighted by atomic mass is 16.5. The van der Waals surface area contributed by atoms with Gasteiger partial charge < -0.3 is 15.0 Å². The highest BCUT2D eigenvalue weighted by molar-refractivity contribution is 5.93. The number of amides is 2. The normalized spacial score (nSPS) is 12.8. The molecule has 1 rings (SSSR count). The van der Waals surface area contributed by atoms with Crippen LogP contribution in [0.3, 0.4) is 0 Å². The van der Waals surface area contributed by atoms with Crippen LogP contribution >= 0.6 is 0 Å². The van der Waals surface area contributed by atoms with Crippen LogP contribution in [0.5, 0.6) is 0 Å². The maximum atomic E-state index is 12.5. The van der Waals surface area contributed by atoms with E-state index in [0.29, 0.717) is 11.3 Å². The van der Waals surface area contributed by atoms with Gasteiger partial charge in [-0.1, -0.05) is 13.8 Å². The second-order valence-corrected chi connectivity index (χ2v) is 6.15. The summed E-state index contributed by atoms with van der Waals surface area (Å²) in [5, 5.41) is 2.62. The Balaban J connectivity index is 2.67. The molecule has 0 unspecified atom stereocenters. The first-order valence-electron chi connectivity index (χ1n) is 8.66. The lowest BCUT2D eigenvalue weighted by Crippen LogP contribution is -2.46. The minimum atomic E-state index is -0.559. The first-order chi connectivity index (χ1) is 11.8. The van der Waals surface area contributed by atoms with Crippen LogP contribution in [0.2, 0.25) is 0 Å². The molecule has 0 spiro atoms. The molecule has 0 saturated heterocycles. The number of carbonyl (C=O) groups excluding carboxylic acids is 3. The smallest absolute Gasteiger partial charge is 0.338 e. The molecule has 2 atom stereocenters. The maximum Gasteiger partial charge on any atom is 0.338 e. The molecule has 0 aliphatic carbocycles. The Kier molecular flexibility index (Phi) is 8.11. The fourth-order valence-electron chi connectivity index (χ4n) is 2.50. The van der Waals surface area contributed by atoms with E-state index in [1.54, 1.807) is 29.2 Å². The number of carbonyl (C=O) groups is 3. The summed E-state index contributed by atoms with van der Waals surface area (Å²) < 4.78 is 5.16. The van der Waals surface area contributed by atoms with Crippen molar-refractivity contribution in [2.24, 2.45) is 0 Å². The summed E-state index contributed by atoms with van der Waals surface area (Å²) in [6.45, 7) is 9.17. The number of esters is 1. The van der Waals surface area contributed by atoms with Gasteiger partial charge in [-0.3, -0.25) is 9.59 Å². The van der Waals surface area contributed by atoms with Crippen LogP contribution in [-0.2, 0) is 14.3 Å². The van der Waals surface area contributed by atoms with Gasteiger partial charge in [0.15, 0.2) is 6.61 Å². The van der Waals surface area contributed by atoms with Crippen molar-refractivity contribution in [1.29, 1.82) is 0 Å². The van der Waals surface area contributed by atoms with E-state index in [0.717, 1.165) is 12.8 Å². The predicted molar refractivity (Wildman–Crippen MR) is 97.4 cm³/mol. The van der Waals surface area contributed by atoms with Crippen molar-refractivity contribution < 1.29 is 19.1 Å². The highest BCUT2D eigenvalue weighted by Crippen LogP contribution is 2.14. The Morgan fingerprint density at radius 3 is 2.00 bits per heavy atom. The average Bonchev–Trinajstić information content (AvgIpc) is 2.59. The summed E-state index contributed by atoms with van der Waals surface area (Å²) in [5.41, 5.74) is 0.931. The van der Waals surface area contributed by atoms with Crippen molar-refractivity contribution in [2.75, 3.05) is 11.9 Å². The van der Waals surface area contributed by atoms with Crippen LogP contribution in [0.1, 0.15) is 57.8 Å². The fourth-order valence-corrected chi connectivity index (χ4v) is 2.50. The molecule has 0 bridgehead atoms. The summed E-state index contributed by atoms with van der Waals surface area (Å²) in [6.07, 6.45) is 1.68. The van der Waals surface area contributed by atoms with Gasteiger partial charge in [0.2, 0.25) is 5.91 Å². The van der Waals surface area contributed by atoms with Crippen LogP contribution in [0.4, 0.5) is 5.69 Å². The number of nitrogens with one attached hydrogen (secondary N) is 1. The third kappa shape index (κ3) is 6.21. The minimum absolute atomic E-state index is 0.0955. The zero-order chi connectivity index (χ0) is 19.0. The summed E-state index contributed by atoms with van der Waals surface area (Å²) in [7, 11) is 0. The molecule has 1 aromatic carbocycles. The second-order valence-electron chi connectivity index (χ2n) is 6.15. The number of ether oxygens (including phenoxy) is 1. The molecule has 0 radical (unpaired) electrons. The van der Waals surface area contributed by atoms with Gasteiger partial charge >= 0.3 is 5.97 Å². The van der Waals surface area contributed by atoms with Crippen LogP contribution in [0.15, 0.2) is 24.3 Å². The number of benzene rings is 1. The van der Waals surface area contributed by atoms with Gasteiger partial charge in [0.25, 0.3) is 5.91 Å². The molecule has 6 heteroatoms. The number of anilines is 1. The SMILES string of the molecule is CC[C@@H](C)N(C(=O)COC(=O)c1ccc(NC(C)=O)cc1)[C@@H](C)CC. The van der Waals surface area contributed by atoms with E-state index in [1.165, 1.54) is 6.92 Å². The lowest BCUT2D eigenvalue weighted by Gasteiger charge is -2.33. The van der Waals surface area contributed by atoms with Crippen molar-refractivity contribution in [2.45, 2.75) is 59.5 Å². The quantitative estimate of drug-likeness (QED) is 0.732. The Morgan fingerprint density at radius 1 is 1.04 bits per heavy atom. The van der Waals surface area contributed by atoms with E-state index in [1.807, 2.05) is 27.7 Å². The van der Waals surface area contributed by atoms with Crippen molar-refractivity contribution >= 4 is 23.5 Å². The molecule has 6 nitrogen and oxygen atoms in total. The molecule has 0 aromatic heterocycles. The summed E-state index contributed by atoms with van der Waals surface area (Å²) in [4.78, 5) is 37.3. The van der Waals surface area contributed by atoms with E-state index in [-0.39, 0.29) is 30.5 Å². The molecule has 0 aliphatic heterocycles. The van der Waals surface area contributed by atoms with Gasteiger partial charge in [-0.2, -0.15) is 0 Å². The molecule has 138 valence electrons. The summed E-state index contributed by atoms with van der Waals surface area (Å²) in [5.74, 6) is -0.931. The van der Waals surface area contributed by atoms with Gasteiger partial charge in [-0.15, -0.1) is 0 Å². The zero-order valence-electron chi connectivity index (χ0n) is 15.7. The molecule has 0 fully saturated rings. The Labute approximate surface area is 149 Å². The Morgan fingerprint density at radius 2 is 1.56 bits per heavy atom. The third-order valence-corrected chi connectivity index (χ3v) is 4.19. The van der Waals surface area contributed by atoms with Crippen LogP contribution in [0, 0.1) is 0 Å².